The Hall–Kier alpha value is -3.24. The Morgan fingerprint density at radius 1 is 0.970 bits per heavy atom. The van der Waals surface area contributed by atoms with Crippen LogP contribution in [0.5, 0.6) is 11.5 Å². The first-order chi connectivity index (χ1) is 16.1. The maximum Gasteiger partial charge on any atom is 0.223 e. The predicted molar refractivity (Wildman–Crippen MR) is 133 cm³/mol. The van der Waals surface area contributed by atoms with Crippen molar-refractivity contribution in [2.24, 2.45) is 7.05 Å². The first-order valence-electron chi connectivity index (χ1n) is 11.4. The molecule has 0 unspecified atom stereocenters. The van der Waals surface area contributed by atoms with E-state index in [-0.39, 0.29) is 11.8 Å². The molecule has 0 aliphatic carbocycles. The molecule has 1 aromatic heterocycles. The number of ether oxygens (including phenoxy) is 1. The van der Waals surface area contributed by atoms with E-state index in [2.05, 4.69) is 54.2 Å². The van der Waals surface area contributed by atoms with E-state index in [0.717, 1.165) is 43.0 Å². The second kappa shape index (κ2) is 9.32. The van der Waals surface area contributed by atoms with Gasteiger partial charge in [0.1, 0.15) is 11.5 Å². The van der Waals surface area contributed by atoms with Gasteiger partial charge in [-0.1, -0.05) is 41.9 Å². The van der Waals surface area contributed by atoms with Crippen molar-refractivity contribution in [1.29, 1.82) is 0 Å². The number of halogens is 1. The zero-order chi connectivity index (χ0) is 22.8. The van der Waals surface area contributed by atoms with Crippen LogP contribution in [0.15, 0.2) is 79.0 Å². The molecule has 1 fully saturated rings. The van der Waals surface area contributed by atoms with Crippen molar-refractivity contribution in [3.05, 3.63) is 95.1 Å². The topological polar surface area (TPSA) is 34.5 Å². The van der Waals surface area contributed by atoms with Crippen molar-refractivity contribution in [1.82, 2.24) is 9.47 Å². The summed E-state index contributed by atoms with van der Waals surface area (Å²) in [6, 6.07) is 23.8. The van der Waals surface area contributed by atoms with E-state index < -0.39 is 0 Å². The van der Waals surface area contributed by atoms with Crippen molar-refractivity contribution in [2.75, 3.05) is 13.1 Å². The summed E-state index contributed by atoms with van der Waals surface area (Å²) in [5, 5.41) is 1.86. The summed E-state index contributed by atoms with van der Waals surface area (Å²) >= 11 is 6.01. The highest BCUT2D eigenvalue weighted by Crippen LogP contribution is 2.37. The normalized spacial score (nSPS) is 14.5. The minimum Gasteiger partial charge on any atom is -0.457 e. The second-order valence-electron chi connectivity index (χ2n) is 8.69. The van der Waals surface area contributed by atoms with Gasteiger partial charge in [-0.25, -0.2) is 0 Å². The average Bonchev–Trinajstić information content (AvgIpc) is 3.48. The highest BCUT2D eigenvalue weighted by atomic mass is 35.5. The molecule has 0 spiro atoms. The molecule has 3 aromatic carbocycles. The Balaban J connectivity index is 1.52. The first-order valence-corrected chi connectivity index (χ1v) is 11.8. The molecule has 1 atom stereocenters. The fraction of sp³-hybridized carbons (Fsp3) is 0.250. The molecule has 33 heavy (non-hydrogen) atoms. The molecule has 4 aromatic rings. The van der Waals surface area contributed by atoms with Gasteiger partial charge in [-0.2, -0.15) is 0 Å². The molecule has 168 valence electrons. The summed E-state index contributed by atoms with van der Waals surface area (Å²) in [7, 11) is 2.06. The summed E-state index contributed by atoms with van der Waals surface area (Å²) < 4.78 is 8.24. The molecule has 0 bridgehead atoms. The third kappa shape index (κ3) is 4.62. The predicted octanol–water partition coefficient (Wildman–Crippen LogP) is 6.77. The number of nitrogens with zero attached hydrogens (tertiary/aromatic N) is 2. The lowest BCUT2D eigenvalue weighted by molar-refractivity contribution is -0.130. The first kappa shape index (κ1) is 21.6. The quantitative estimate of drug-likeness (QED) is 0.319. The molecule has 1 saturated heterocycles. The molecule has 1 aliphatic rings. The van der Waals surface area contributed by atoms with Crippen LogP contribution in [0.25, 0.3) is 10.9 Å². The van der Waals surface area contributed by atoms with Gasteiger partial charge in [0.25, 0.3) is 0 Å². The zero-order valence-corrected chi connectivity index (χ0v) is 19.5. The van der Waals surface area contributed by atoms with Crippen molar-refractivity contribution in [3.63, 3.8) is 0 Å². The summed E-state index contributed by atoms with van der Waals surface area (Å²) in [6.45, 7) is 1.72. The number of carbonyl (C=O) groups excluding carboxylic acids is 1. The van der Waals surface area contributed by atoms with Crippen LogP contribution < -0.4 is 4.74 Å². The summed E-state index contributed by atoms with van der Waals surface area (Å²) in [4.78, 5) is 15.2. The van der Waals surface area contributed by atoms with Gasteiger partial charge in [0.2, 0.25) is 5.91 Å². The van der Waals surface area contributed by atoms with Gasteiger partial charge in [0.15, 0.2) is 0 Å². The Morgan fingerprint density at radius 2 is 1.73 bits per heavy atom. The standard InChI is InChI=1S/C28H27ClN2O2/c1-30-19-26(24-9-2-3-10-27(24)30)25(18-28(32)31-15-4-5-16-31)20-7-6-8-23(17-20)33-22-13-11-21(29)12-14-22/h2-3,6-14,17,19,25H,4-5,15-16,18H2,1H3/t25-/m1/s1. The molecule has 0 N–H and O–H groups in total. The smallest absolute Gasteiger partial charge is 0.223 e. The minimum absolute atomic E-state index is 0.0574. The Bertz CT molecular complexity index is 1270. The van der Waals surface area contributed by atoms with Crippen molar-refractivity contribution in [3.8, 4) is 11.5 Å². The molecular formula is C28H27ClN2O2. The number of carbonyl (C=O) groups is 1. The number of hydrogen-bond acceptors (Lipinski definition) is 2. The Kier molecular flexibility index (Phi) is 6.10. The van der Waals surface area contributed by atoms with E-state index in [1.54, 1.807) is 0 Å². The minimum atomic E-state index is -0.0574. The van der Waals surface area contributed by atoms with Crippen molar-refractivity contribution < 1.29 is 9.53 Å². The van der Waals surface area contributed by atoms with Gasteiger partial charge < -0.3 is 14.2 Å². The number of benzene rings is 3. The monoisotopic (exact) mass is 458 g/mol. The maximum absolute atomic E-state index is 13.2. The van der Waals surface area contributed by atoms with Gasteiger partial charge in [0, 0.05) is 54.6 Å². The van der Waals surface area contributed by atoms with Gasteiger partial charge in [-0.3, -0.25) is 4.79 Å². The maximum atomic E-state index is 13.2. The van der Waals surface area contributed by atoms with Gasteiger partial charge in [-0.15, -0.1) is 0 Å². The van der Waals surface area contributed by atoms with E-state index in [4.69, 9.17) is 16.3 Å². The molecule has 1 aliphatic heterocycles. The van der Waals surface area contributed by atoms with Crippen LogP contribution in [0.3, 0.4) is 0 Å². The van der Waals surface area contributed by atoms with E-state index in [1.807, 2.05) is 41.3 Å². The second-order valence-corrected chi connectivity index (χ2v) is 9.12. The van der Waals surface area contributed by atoms with Crippen LogP contribution >= 0.6 is 11.6 Å². The lowest BCUT2D eigenvalue weighted by Gasteiger charge is -2.22. The molecule has 0 radical (unpaired) electrons. The third-order valence-electron chi connectivity index (χ3n) is 6.45. The highest BCUT2D eigenvalue weighted by Gasteiger charge is 2.26. The lowest BCUT2D eigenvalue weighted by Crippen LogP contribution is -2.29. The van der Waals surface area contributed by atoms with Crippen molar-refractivity contribution in [2.45, 2.75) is 25.2 Å². The van der Waals surface area contributed by atoms with E-state index in [0.29, 0.717) is 11.4 Å². The van der Waals surface area contributed by atoms with E-state index in [1.165, 1.54) is 16.5 Å². The number of aryl methyl sites for hydroxylation is 1. The van der Waals surface area contributed by atoms with E-state index >= 15 is 0 Å². The SMILES string of the molecule is Cn1cc([C@H](CC(=O)N2CCCC2)c2cccc(Oc3ccc(Cl)cc3)c2)c2ccccc21. The molecule has 5 rings (SSSR count). The van der Waals surface area contributed by atoms with Crippen LogP contribution in [0.1, 0.15) is 36.3 Å². The molecule has 2 heterocycles. The number of likely N-dealkylation sites (tertiary alicyclic amines) is 1. The third-order valence-corrected chi connectivity index (χ3v) is 6.70. The number of amides is 1. The van der Waals surface area contributed by atoms with Gasteiger partial charge in [0.05, 0.1) is 0 Å². The highest BCUT2D eigenvalue weighted by molar-refractivity contribution is 6.30. The summed E-state index contributed by atoms with van der Waals surface area (Å²) in [5.41, 5.74) is 3.41. The zero-order valence-electron chi connectivity index (χ0n) is 18.7. The van der Waals surface area contributed by atoms with Crippen LogP contribution in [0.4, 0.5) is 0 Å². The van der Waals surface area contributed by atoms with Crippen LogP contribution in [0.2, 0.25) is 5.02 Å². The van der Waals surface area contributed by atoms with Crippen LogP contribution in [-0.2, 0) is 11.8 Å². The van der Waals surface area contributed by atoms with Crippen LogP contribution in [-0.4, -0.2) is 28.5 Å². The van der Waals surface area contributed by atoms with Crippen LogP contribution in [0, 0.1) is 0 Å². The molecule has 0 saturated carbocycles. The number of fused-ring (bicyclic) bond motifs is 1. The molecular weight excluding hydrogens is 432 g/mol. The molecule has 5 heteroatoms. The molecule has 1 amide bonds. The number of rotatable bonds is 6. The van der Waals surface area contributed by atoms with Crippen molar-refractivity contribution >= 4 is 28.4 Å². The number of para-hydroxylation sites is 1. The number of aromatic nitrogens is 1. The number of hydrogen-bond donors (Lipinski definition) is 0. The lowest BCUT2D eigenvalue weighted by atomic mass is 9.87. The largest absolute Gasteiger partial charge is 0.457 e. The Labute approximate surface area is 199 Å². The summed E-state index contributed by atoms with van der Waals surface area (Å²) in [5.74, 6) is 1.63. The molecule has 4 nitrogen and oxygen atoms in total. The fourth-order valence-electron chi connectivity index (χ4n) is 4.76. The summed E-state index contributed by atoms with van der Waals surface area (Å²) in [6.07, 6.45) is 4.79. The average molecular weight is 459 g/mol. The van der Waals surface area contributed by atoms with Gasteiger partial charge in [-0.05, 0) is 66.4 Å². The van der Waals surface area contributed by atoms with Gasteiger partial charge >= 0.3 is 0 Å². The van der Waals surface area contributed by atoms with E-state index in [9.17, 15) is 4.79 Å². The fourth-order valence-corrected chi connectivity index (χ4v) is 4.89. The Morgan fingerprint density at radius 3 is 2.52 bits per heavy atom.